The summed E-state index contributed by atoms with van der Waals surface area (Å²) < 4.78 is 6.49. The van der Waals surface area contributed by atoms with E-state index in [4.69, 9.17) is 16.3 Å². The van der Waals surface area contributed by atoms with Gasteiger partial charge < -0.3 is 9.84 Å². The molecule has 1 aromatic rings. The second-order valence-electron chi connectivity index (χ2n) is 3.60. The molecule has 0 saturated heterocycles. The first-order chi connectivity index (χ1) is 7.54. The highest BCUT2D eigenvalue weighted by Crippen LogP contribution is 2.28. The quantitative estimate of drug-likeness (QED) is 0.910. The van der Waals surface area contributed by atoms with Crippen molar-refractivity contribution < 1.29 is 9.84 Å². The van der Waals surface area contributed by atoms with Crippen molar-refractivity contribution in [1.82, 2.24) is 0 Å². The van der Waals surface area contributed by atoms with E-state index >= 15 is 0 Å². The molecule has 16 heavy (non-hydrogen) atoms. The van der Waals surface area contributed by atoms with Crippen molar-refractivity contribution >= 4 is 27.5 Å². The fourth-order valence-corrected chi connectivity index (χ4v) is 1.64. The van der Waals surface area contributed by atoms with Crippen LogP contribution in [0, 0.1) is 0 Å². The zero-order valence-electron chi connectivity index (χ0n) is 9.21. The lowest BCUT2D eigenvalue weighted by Gasteiger charge is -2.13. The summed E-state index contributed by atoms with van der Waals surface area (Å²) in [6.07, 6.45) is -0.562. The number of aliphatic hydroxyl groups is 1. The molecule has 1 aromatic carbocycles. The fraction of sp³-hybridized carbons (Fsp3) is 0.333. The largest absolute Gasteiger partial charge is 0.489 e. The summed E-state index contributed by atoms with van der Waals surface area (Å²) in [7, 11) is 0. The van der Waals surface area contributed by atoms with Crippen LogP contribution in [0.5, 0.6) is 5.75 Å². The number of benzene rings is 1. The number of aliphatic hydroxyl groups excluding tert-OH is 1. The van der Waals surface area contributed by atoms with E-state index in [1.807, 2.05) is 25.1 Å². The molecule has 1 rings (SSSR count). The minimum Gasteiger partial charge on any atom is -0.489 e. The van der Waals surface area contributed by atoms with Gasteiger partial charge in [-0.15, -0.1) is 0 Å². The van der Waals surface area contributed by atoms with E-state index in [0.29, 0.717) is 12.4 Å². The van der Waals surface area contributed by atoms with Gasteiger partial charge >= 0.3 is 0 Å². The molecular formula is C12H14BrClO2. The van der Waals surface area contributed by atoms with Gasteiger partial charge in [0, 0.05) is 15.6 Å². The van der Waals surface area contributed by atoms with Gasteiger partial charge in [-0.3, -0.25) is 0 Å². The van der Waals surface area contributed by atoms with E-state index in [9.17, 15) is 5.11 Å². The Morgan fingerprint density at radius 1 is 1.62 bits per heavy atom. The van der Waals surface area contributed by atoms with Crippen LogP contribution in [-0.2, 0) is 0 Å². The summed E-state index contributed by atoms with van der Waals surface area (Å²) in [5.41, 5.74) is 3.18. The van der Waals surface area contributed by atoms with Crippen LogP contribution in [0.3, 0.4) is 0 Å². The maximum absolute atomic E-state index is 9.61. The van der Waals surface area contributed by atoms with Gasteiger partial charge in [-0.2, -0.15) is 0 Å². The normalized spacial score (nSPS) is 13.7. The standard InChI is InChI=1S/C12H14BrClO2/c1-8(6-14)7-16-12-4-3-10(13)5-11(12)9(2)15/h3-6,9,15H,7H2,1-2H3/b8-6+. The van der Waals surface area contributed by atoms with Crippen molar-refractivity contribution in [2.24, 2.45) is 0 Å². The van der Waals surface area contributed by atoms with Gasteiger partial charge in [-0.25, -0.2) is 0 Å². The van der Waals surface area contributed by atoms with Crippen molar-refractivity contribution in [3.05, 3.63) is 39.3 Å². The Kier molecular flexibility index (Phi) is 5.32. The number of hydrogen-bond acceptors (Lipinski definition) is 2. The van der Waals surface area contributed by atoms with Crippen LogP contribution >= 0.6 is 27.5 Å². The highest BCUT2D eigenvalue weighted by molar-refractivity contribution is 9.10. The van der Waals surface area contributed by atoms with E-state index < -0.39 is 6.10 Å². The van der Waals surface area contributed by atoms with Gasteiger partial charge in [0.2, 0.25) is 0 Å². The molecule has 0 fully saturated rings. The first kappa shape index (κ1) is 13.6. The number of hydrogen-bond donors (Lipinski definition) is 1. The average Bonchev–Trinajstić information content (AvgIpc) is 2.26. The molecule has 0 radical (unpaired) electrons. The zero-order valence-corrected chi connectivity index (χ0v) is 11.5. The summed E-state index contributed by atoms with van der Waals surface area (Å²) in [4.78, 5) is 0. The summed E-state index contributed by atoms with van der Waals surface area (Å²) in [6, 6.07) is 5.55. The Hall–Kier alpha value is -0.510. The lowest BCUT2D eigenvalue weighted by atomic mass is 10.1. The Bertz CT molecular complexity index is 389. The predicted molar refractivity (Wildman–Crippen MR) is 69.9 cm³/mol. The van der Waals surface area contributed by atoms with Crippen molar-refractivity contribution in [2.45, 2.75) is 20.0 Å². The molecule has 1 N–H and O–H groups in total. The fourth-order valence-electron chi connectivity index (χ4n) is 1.20. The molecule has 0 bridgehead atoms. The first-order valence-corrected chi connectivity index (χ1v) is 6.13. The highest BCUT2D eigenvalue weighted by atomic mass is 79.9. The van der Waals surface area contributed by atoms with Gasteiger partial charge in [0.25, 0.3) is 0 Å². The Balaban J connectivity index is 2.87. The van der Waals surface area contributed by atoms with E-state index in [0.717, 1.165) is 15.6 Å². The smallest absolute Gasteiger partial charge is 0.125 e. The van der Waals surface area contributed by atoms with Crippen molar-refractivity contribution in [1.29, 1.82) is 0 Å². The van der Waals surface area contributed by atoms with Crippen LogP contribution in [0.1, 0.15) is 25.5 Å². The third-order valence-corrected chi connectivity index (χ3v) is 2.93. The SMILES string of the molecule is C/C(=C\Cl)COc1ccc(Br)cc1C(C)O. The Morgan fingerprint density at radius 3 is 2.88 bits per heavy atom. The van der Waals surface area contributed by atoms with E-state index in [1.165, 1.54) is 5.54 Å². The second kappa shape index (κ2) is 6.28. The molecule has 0 aliphatic heterocycles. The minimum atomic E-state index is -0.562. The molecule has 0 heterocycles. The van der Waals surface area contributed by atoms with Gasteiger partial charge in [-0.05, 0) is 37.6 Å². The molecule has 0 aliphatic rings. The Labute approximate surface area is 109 Å². The molecule has 88 valence electrons. The maximum atomic E-state index is 9.61. The third-order valence-electron chi connectivity index (χ3n) is 2.06. The summed E-state index contributed by atoms with van der Waals surface area (Å²) in [6.45, 7) is 4.01. The number of halogens is 2. The minimum absolute atomic E-state index is 0.421. The van der Waals surface area contributed by atoms with Gasteiger partial charge in [-0.1, -0.05) is 27.5 Å². The van der Waals surface area contributed by atoms with Crippen LogP contribution in [0.25, 0.3) is 0 Å². The predicted octanol–water partition coefficient (Wildman–Crippen LogP) is 4.02. The maximum Gasteiger partial charge on any atom is 0.125 e. The van der Waals surface area contributed by atoms with Crippen LogP contribution in [-0.4, -0.2) is 11.7 Å². The van der Waals surface area contributed by atoms with Crippen LogP contribution in [0.4, 0.5) is 0 Å². The molecule has 2 nitrogen and oxygen atoms in total. The molecule has 1 unspecified atom stereocenters. The molecule has 0 saturated carbocycles. The van der Waals surface area contributed by atoms with Crippen LogP contribution < -0.4 is 4.74 Å². The van der Waals surface area contributed by atoms with Crippen LogP contribution in [0.2, 0.25) is 0 Å². The van der Waals surface area contributed by atoms with Gasteiger partial charge in [0.15, 0.2) is 0 Å². The summed E-state index contributed by atoms with van der Waals surface area (Å²) >= 11 is 8.91. The van der Waals surface area contributed by atoms with Crippen molar-refractivity contribution in [2.75, 3.05) is 6.61 Å². The van der Waals surface area contributed by atoms with Gasteiger partial charge in [0.1, 0.15) is 12.4 Å². The molecule has 1 atom stereocenters. The average molecular weight is 306 g/mol. The number of ether oxygens (including phenoxy) is 1. The van der Waals surface area contributed by atoms with E-state index in [2.05, 4.69) is 15.9 Å². The lowest BCUT2D eigenvalue weighted by Crippen LogP contribution is -2.03. The monoisotopic (exact) mass is 304 g/mol. The van der Waals surface area contributed by atoms with E-state index in [-0.39, 0.29) is 0 Å². The molecule has 0 spiro atoms. The molecule has 4 heteroatoms. The Morgan fingerprint density at radius 2 is 2.31 bits per heavy atom. The van der Waals surface area contributed by atoms with Crippen molar-refractivity contribution in [3.8, 4) is 5.75 Å². The third kappa shape index (κ3) is 3.81. The summed E-state index contributed by atoms with van der Waals surface area (Å²) in [5.74, 6) is 0.677. The number of rotatable bonds is 4. The molecule has 0 aliphatic carbocycles. The highest BCUT2D eigenvalue weighted by Gasteiger charge is 2.09. The second-order valence-corrected chi connectivity index (χ2v) is 4.74. The topological polar surface area (TPSA) is 29.5 Å². The van der Waals surface area contributed by atoms with Crippen molar-refractivity contribution in [3.63, 3.8) is 0 Å². The zero-order chi connectivity index (χ0) is 12.1. The van der Waals surface area contributed by atoms with Crippen LogP contribution in [0.15, 0.2) is 33.8 Å². The molecular weight excluding hydrogens is 291 g/mol. The lowest BCUT2D eigenvalue weighted by molar-refractivity contribution is 0.192. The molecule has 0 amide bonds. The summed E-state index contributed by atoms with van der Waals surface area (Å²) in [5, 5.41) is 9.61. The van der Waals surface area contributed by atoms with E-state index in [1.54, 1.807) is 6.92 Å². The molecule has 0 aromatic heterocycles. The van der Waals surface area contributed by atoms with Gasteiger partial charge in [0.05, 0.1) is 6.10 Å². The first-order valence-electron chi connectivity index (χ1n) is 4.90.